The van der Waals surface area contributed by atoms with Crippen LogP contribution >= 0.6 is 12.2 Å². The molecule has 0 atom stereocenters. The molecular formula is C22H26N4OS. The molecule has 0 bridgehead atoms. The van der Waals surface area contributed by atoms with Crippen LogP contribution in [0.4, 0.5) is 0 Å². The molecule has 0 spiro atoms. The predicted octanol–water partition coefficient (Wildman–Crippen LogP) is 4.40. The molecule has 2 aromatic carbocycles. The summed E-state index contributed by atoms with van der Waals surface area (Å²) in [6.45, 7) is 7.12. The lowest BCUT2D eigenvalue weighted by Gasteiger charge is -2.10. The Morgan fingerprint density at radius 1 is 1.21 bits per heavy atom. The van der Waals surface area contributed by atoms with Gasteiger partial charge in [0.05, 0.1) is 0 Å². The summed E-state index contributed by atoms with van der Waals surface area (Å²) < 4.78 is 2.17. The number of aromatic amines is 1. The molecule has 0 fully saturated rings. The van der Waals surface area contributed by atoms with Crippen molar-refractivity contribution in [1.29, 1.82) is 0 Å². The number of carbonyl (C=O) groups is 1. The minimum absolute atomic E-state index is 0.0785. The number of rotatable bonds is 7. The quantitative estimate of drug-likeness (QED) is 0.584. The fraction of sp³-hybridized carbons (Fsp3) is 0.318. The summed E-state index contributed by atoms with van der Waals surface area (Å²) >= 11 is 5.31. The van der Waals surface area contributed by atoms with Crippen molar-refractivity contribution in [2.45, 2.75) is 39.7 Å². The molecule has 3 aromatic rings. The molecule has 0 unspecified atom stereocenters. The second kappa shape index (κ2) is 8.97. The highest BCUT2D eigenvalue weighted by molar-refractivity contribution is 7.71. The maximum absolute atomic E-state index is 12.4. The molecule has 1 amide bonds. The van der Waals surface area contributed by atoms with E-state index in [-0.39, 0.29) is 12.5 Å². The minimum Gasteiger partial charge on any atom is -0.354 e. The zero-order valence-corrected chi connectivity index (χ0v) is 17.3. The first-order valence-corrected chi connectivity index (χ1v) is 9.92. The maximum atomic E-state index is 12.4. The second-order valence-corrected chi connectivity index (χ2v) is 7.69. The van der Waals surface area contributed by atoms with E-state index in [4.69, 9.17) is 12.2 Å². The summed E-state index contributed by atoms with van der Waals surface area (Å²) in [6.07, 6.45) is 0.797. The van der Waals surface area contributed by atoms with Gasteiger partial charge in [-0.25, -0.2) is 0 Å². The van der Waals surface area contributed by atoms with E-state index in [1.807, 2.05) is 31.2 Å². The molecule has 0 saturated carbocycles. The molecule has 1 aromatic heterocycles. The molecule has 28 heavy (non-hydrogen) atoms. The van der Waals surface area contributed by atoms with Crippen LogP contribution in [-0.4, -0.2) is 27.2 Å². The molecule has 2 N–H and O–H groups in total. The van der Waals surface area contributed by atoms with Crippen LogP contribution in [0.5, 0.6) is 0 Å². The number of amides is 1. The number of hydrogen-bond acceptors (Lipinski definition) is 3. The minimum atomic E-state index is -0.0785. The highest BCUT2D eigenvalue weighted by atomic mass is 32.1. The van der Waals surface area contributed by atoms with Crippen molar-refractivity contribution in [3.63, 3.8) is 0 Å². The summed E-state index contributed by atoms with van der Waals surface area (Å²) in [4.78, 5) is 12.4. The molecule has 5 nitrogen and oxygen atoms in total. The van der Waals surface area contributed by atoms with Crippen LogP contribution in [0.1, 0.15) is 36.5 Å². The summed E-state index contributed by atoms with van der Waals surface area (Å²) in [5.74, 6) is 1.12. The van der Waals surface area contributed by atoms with Gasteiger partial charge in [0, 0.05) is 12.1 Å². The predicted molar refractivity (Wildman–Crippen MR) is 115 cm³/mol. The summed E-state index contributed by atoms with van der Waals surface area (Å²) in [6, 6.07) is 16.6. The summed E-state index contributed by atoms with van der Waals surface area (Å²) in [7, 11) is 0. The Balaban J connectivity index is 1.60. The SMILES string of the molecule is Cc1cccc(-c2n[nH]c(=S)n2CC(=O)NCCc2ccc(C(C)C)cc2)c1. The highest BCUT2D eigenvalue weighted by Gasteiger charge is 2.12. The molecule has 0 radical (unpaired) electrons. The molecule has 146 valence electrons. The fourth-order valence-electron chi connectivity index (χ4n) is 3.08. The van der Waals surface area contributed by atoms with E-state index in [0.717, 1.165) is 17.5 Å². The molecular weight excluding hydrogens is 368 g/mol. The number of nitrogens with zero attached hydrogens (tertiary/aromatic N) is 2. The van der Waals surface area contributed by atoms with Crippen molar-refractivity contribution < 1.29 is 4.79 Å². The largest absolute Gasteiger partial charge is 0.354 e. The average molecular weight is 395 g/mol. The first-order chi connectivity index (χ1) is 13.4. The number of carbonyl (C=O) groups excluding carboxylic acids is 1. The van der Waals surface area contributed by atoms with Gasteiger partial charge in [0.15, 0.2) is 10.6 Å². The smallest absolute Gasteiger partial charge is 0.240 e. The molecule has 6 heteroatoms. The van der Waals surface area contributed by atoms with Crippen molar-refractivity contribution >= 4 is 18.1 Å². The third-order valence-corrected chi connectivity index (χ3v) is 5.03. The number of benzene rings is 2. The van der Waals surface area contributed by atoms with Gasteiger partial charge in [-0.1, -0.05) is 61.9 Å². The van der Waals surface area contributed by atoms with Crippen molar-refractivity contribution in [3.05, 3.63) is 70.0 Å². The van der Waals surface area contributed by atoms with Crippen LogP contribution in [0.3, 0.4) is 0 Å². The molecule has 1 heterocycles. The van der Waals surface area contributed by atoms with Gasteiger partial charge < -0.3 is 5.32 Å². The summed E-state index contributed by atoms with van der Waals surface area (Å²) in [5.41, 5.74) is 4.60. The van der Waals surface area contributed by atoms with Gasteiger partial charge in [-0.2, -0.15) is 5.10 Å². The van der Waals surface area contributed by atoms with Gasteiger partial charge in [0.25, 0.3) is 0 Å². The van der Waals surface area contributed by atoms with E-state index in [0.29, 0.717) is 23.1 Å². The van der Waals surface area contributed by atoms with E-state index in [2.05, 4.69) is 53.6 Å². The van der Waals surface area contributed by atoms with Crippen LogP contribution in [0.25, 0.3) is 11.4 Å². The normalized spacial score (nSPS) is 11.0. The third kappa shape index (κ3) is 4.95. The van der Waals surface area contributed by atoms with E-state index in [9.17, 15) is 4.79 Å². The molecule has 0 saturated heterocycles. The van der Waals surface area contributed by atoms with Crippen LogP contribution < -0.4 is 5.32 Å². The van der Waals surface area contributed by atoms with E-state index in [1.165, 1.54) is 11.1 Å². The standard InChI is InChI=1S/C22H26N4OS/c1-15(2)18-9-7-17(8-10-18)11-12-23-20(27)14-26-21(24-25-22(26)28)19-6-4-5-16(3)13-19/h4-10,13,15H,11-12,14H2,1-3H3,(H,23,27)(H,25,28). The van der Waals surface area contributed by atoms with Crippen molar-refractivity contribution in [2.75, 3.05) is 6.54 Å². The Hall–Kier alpha value is -2.73. The third-order valence-electron chi connectivity index (χ3n) is 4.72. The fourth-order valence-corrected chi connectivity index (χ4v) is 3.28. The number of hydrogen-bond donors (Lipinski definition) is 2. The van der Waals surface area contributed by atoms with Crippen LogP contribution in [0, 0.1) is 11.7 Å². The van der Waals surface area contributed by atoms with Crippen LogP contribution in [0.2, 0.25) is 0 Å². The second-order valence-electron chi connectivity index (χ2n) is 7.30. The van der Waals surface area contributed by atoms with Gasteiger partial charge in [-0.3, -0.25) is 14.5 Å². The lowest BCUT2D eigenvalue weighted by Crippen LogP contribution is -2.29. The molecule has 0 aliphatic carbocycles. The van der Waals surface area contributed by atoms with Gasteiger partial charge in [-0.15, -0.1) is 0 Å². The van der Waals surface area contributed by atoms with E-state index in [1.54, 1.807) is 4.57 Å². The van der Waals surface area contributed by atoms with E-state index >= 15 is 0 Å². The first kappa shape index (κ1) is 20.0. The zero-order chi connectivity index (χ0) is 20.1. The molecule has 0 aliphatic heterocycles. The lowest BCUT2D eigenvalue weighted by molar-refractivity contribution is -0.121. The average Bonchev–Trinajstić information content (AvgIpc) is 3.02. The number of aryl methyl sites for hydroxylation is 1. The molecule has 0 aliphatic rings. The Labute approximate surface area is 170 Å². The Kier molecular flexibility index (Phi) is 6.41. The lowest BCUT2D eigenvalue weighted by atomic mass is 10.0. The van der Waals surface area contributed by atoms with Gasteiger partial charge in [0.2, 0.25) is 5.91 Å². The molecule has 3 rings (SSSR count). The van der Waals surface area contributed by atoms with Gasteiger partial charge >= 0.3 is 0 Å². The maximum Gasteiger partial charge on any atom is 0.240 e. The van der Waals surface area contributed by atoms with Crippen LogP contribution in [0.15, 0.2) is 48.5 Å². The number of aromatic nitrogens is 3. The van der Waals surface area contributed by atoms with Crippen LogP contribution in [-0.2, 0) is 17.8 Å². The Morgan fingerprint density at radius 2 is 1.96 bits per heavy atom. The zero-order valence-electron chi connectivity index (χ0n) is 16.5. The Morgan fingerprint density at radius 3 is 2.64 bits per heavy atom. The Bertz CT molecular complexity index is 1000. The first-order valence-electron chi connectivity index (χ1n) is 9.52. The van der Waals surface area contributed by atoms with Crippen molar-refractivity contribution in [1.82, 2.24) is 20.1 Å². The van der Waals surface area contributed by atoms with Gasteiger partial charge in [0.1, 0.15) is 6.54 Å². The van der Waals surface area contributed by atoms with E-state index < -0.39 is 0 Å². The topological polar surface area (TPSA) is 62.7 Å². The van der Waals surface area contributed by atoms with Crippen molar-refractivity contribution in [2.24, 2.45) is 0 Å². The van der Waals surface area contributed by atoms with Crippen molar-refractivity contribution in [3.8, 4) is 11.4 Å². The number of H-pyrrole nitrogens is 1. The summed E-state index contributed by atoms with van der Waals surface area (Å²) in [5, 5.41) is 10.1. The highest BCUT2D eigenvalue weighted by Crippen LogP contribution is 2.18. The monoisotopic (exact) mass is 394 g/mol. The number of nitrogens with one attached hydrogen (secondary N) is 2. The van der Waals surface area contributed by atoms with Gasteiger partial charge in [-0.05, 0) is 48.7 Å².